The summed E-state index contributed by atoms with van der Waals surface area (Å²) in [7, 11) is 1.79. The van der Waals surface area contributed by atoms with E-state index in [0.717, 1.165) is 25.2 Å². The highest BCUT2D eigenvalue weighted by Gasteiger charge is 2.17. The van der Waals surface area contributed by atoms with E-state index < -0.39 is 0 Å². The summed E-state index contributed by atoms with van der Waals surface area (Å²) in [6, 6.07) is 0. The topological polar surface area (TPSA) is 56.3 Å². The van der Waals surface area contributed by atoms with Crippen molar-refractivity contribution in [3.05, 3.63) is 11.8 Å². The smallest absolute Gasteiger partial charge is 0.225 e. The average molecular weight is 223 g/mol. The number of aryl methyl sites for hydroxylation is 1. The van der Waals surface area contributed by atoms with Gasteiger partial charge in [0.15, 0.2) is 0 Å². The van der Waals surface area contributed by atoms with Crippen molar-refractivity contribution in [2.45, 2.75) is 13.3 Å². The Bertz CT molecular complexity index is 351. The predicted octanol–water partition coefficient (Wildman–Crippen LogP) is 1.24. The van der Waals surface area contributed by atoms with Gasteiger partial charge in [-0.15, -0.1) is 0 Å². The zero-order valence-electron chi connectivity index (χ0n) is 9.69. The Hall–Kier alpha value is -1.36. The Balaban J connectivity index is 1.96. The highest BCUT2D eigenvalue weighted by atomic mass is 16.5. The molecule has 2 rings (SSSR count). The summed E-state index contributed by atoms with van der Waals surface area (Å²) in [5, 5.41) is 2.90. The van der Waals surface area contributed by atoms with Gasteiger partial charge in [0.1, 0.15) is 0 Å². The lowest BCUT2D eigenvalue weighted by atomic mass is 10.1. The largest absolute Gasteiger partial charge is 0.477 e. The molecule has 1 atom stereocenters. The van der Waals surface area contributed by atoms with Crippen LogP contribution in [0, 0.1) is 12.8 Å². The number of aromatic nitrogens is 2. The molecule has 0 aromatic carbocycles. The molecule has 0 radical (unpaired) electrons. The molecule has 5 nitrogen and oxygen atoms in total. The Morgan fingerprint density at radius 3 is 3.19 bits per heavy atom. The van der Waals surface area contributed by atoms with Crippen LogP contribution in [-0.4, -0.2) is 36.8 Å². The van der Waals surface area contributed by atoms with E-state index in [9.17, 15) is 0 Å². The van der Waals surface area contributed by atoms with Gasteiger partial charge in [-0.05, 0) is 13.3 Å². The maximum Gasteiger partial charge on any atom is 0.225 e. The lowest BCUT2D eigenvalue weighted by Gasteiger charge is -2.11. The van der Waals surface area contributed by atoms with E-state index in [0.29, 0.717) is 24.4 Å². The molecule has 1 saturated heterocycles. The Morgan fingerprint density at radius 1 is 1.62 bits per heavy atom. The molecule has 88 valence electrons. The minimum absolute atomic E-state index is 0.493. The van der Waals surface area contributed by atoms with Crippen LogP contribution in [0.15, 0.2) is 6.20 Å². The summed E-state index contributed by atoms with van der Waals surface area (Å²) >= 11 is 0. The van der Waals surface area contributed by atoms with Gasteiger partial charge in [0.25, 0.3) is 0 Å². The molecule has 0 bridgehead atoms. The van der Waals surface area contributed by atoms with Crippen molar-refractivity contribution >= 4 is 5.95 Å². The van der Waals surface area contributed by atoms with Crippen molar-refractivity contribution in [2.24, 2.45) is 5.92 Å². The second-order valence-electron chi connectivity index (χ2n) is 3.97. The lowest BCUT2D eigenvalue weighted by molar-refractivity contribution is 0.165. The summed E-state index contributed by atoms with van der Waals surface area (Å²) in [4.78, 5) is 8.38. The van der Waals surface area contributed by atoms with E-state index in [1.54, 1.807) is 13.2 Å². The molecule has 1 aromatic heterocycles. The van der Waals surface area contributed by atoms with Gasteiger partial charge in [0.05, 0.1) is 13.2 Å². The number of rotatable bonds is 4. The van der Waals surface area contributed by atoms with Crippen LogP contribution in [0.3, 0.4) is 0 Å². The van der Waals surface area contributed by atoms with Crippen LogP contribution in [0.1, 0.15) is 12.0 Å². The summed E-state index contributed by atoms with van der Waals surface area (Å²) in [5.74, 6) is 1.74. The normalized spacial score (nSPS) is 19.8. The van der Waals surface area contributed by atoms with Crippen molar-refractivity contribution in [1.82, 2.24) is 9.97 Å². The maximum absolute atomic E-state index is 5.69. The van der Waals surface area contributed by atoms with Crippen molar-refractivity contribution in [1.29, 1.82) is 0 Å². The third kappa shape index (κ3) is 2.61. The summed E-state index contributed by atoms with van der Waals surface area (Å²) in [6.07, 6.45) is 2.84. The molecule has 1 unspecified atom stereocenters. The fourth-order valence-corrected chi connectivity index (χ4v) is 1.60. The number of hydrogen-bond donors (Lipinski definition) is 1. The van der Waals surface area contributed by atoms with Gasteiger partial charge in [0, 0.05) is 31.3 Å². The zero-order valence-corrected chi connectivity index (χ0v) is 9.69. The van der Waals surface area contributed by atoms with Crippen LogP contribution < -0.4 is 10.1 Å². The molecule has 16 heavy (non-hydrogen) atoms. The van der Waals surface area contributed by atoms with Crippen LogP contribution in [0.2, 0.25) is 0 Å². The second-order valence-corrected chi connectivity index (χ2v) is 3.97. The van der Waals surface area contributed by atoms with E-state index >= 15 is 0 Å². The van der Waals surface area contributed by atoms with Gasteiger partial charge in [-0.1, -0.05) is 0 Å². The predicted molar refractivity (Wildman–Crippen MR) is 60.7 cm³/mol. The van der Waals surface area contributed by atoms with E-state index in [4.69, 9.17) is 9.47 Å². The van der Waals surface area contributed by atoms with Crippen LogP contribution >= 0.6 is 0 Å². The molecule has 2 heterocycles. The average Bonchev–Trinajstić information content (AvgIpc) is 2.81. The van der Waals surface area contributed by atoms with Gasteiger partial charge in [-0.3, -0.25) is 0 Å². The summed E-state index contributed by atoms with van der Waals surface area (Å²) in [6.45, 7) is 4.25. The fraction of sp³-hybridized carbons (Fsp3) is 0.636. The molecular formula is C11H17N3O2. The van der Waals surface area contributed by atoms with Crippen molar-refractivity contribution in [2.75, 3.05) is 32.2 Å². The Morgan fingerprint density at radius 2 is 2.50 bits per heavy atom. The molecule has 1 aliphatic rings. The third-order valence-electron chi connectivity index (χ3n) is 2.63. The van der Waals surface area contributed by atoms with E-state index in [-0.39, 0.29) is 0 Å². The molecule has 0 saturated carbocycles. The summed E-state index contributed by atoms with van der Waals surface area (Å²) < 4.78 is 11.0. The number of anilines is 1. The van der Waals surface area contributed by atoms with E-state index in [1.165, 1.54) is 0 Å². The van der Waals surface area contributed by atoms with Gasteiger partial charge >= 0.3 is 0 Å². The quantitative estimate of drug-likeness (QED) is 0.832. The Labute approximate surface area is 95.2 Å². The van der Waals surface area contributed by atoms with Gasteiger partial charge in [-0.2, -0.15) is 4.98 Å². The first-order chi connectivity index (χ1) is 7.79. The van der Waals surface area contributed by atoms with Crippen molar-refractivity contribution in [3.8, 4) is 5.88 Å². The van der Waals surface area contributed by atoms with Crippen LogP contribution in [0.4, 0.5) is 5.95 Å². The van der Waals surface area contributed by atoms with Crippen LogP contribution in [0.5, 0.6) is 5.88 Å². The zero-order chi connectivity index (χ0) is 11.4. The molecule has 0 aliphatic carbocycles. The van der Waals surface area contributed by atoms with Crippen molar-refractivity contribution < 1.29 is 9.47 Å². The molecule has 0 amide bonds. The van der Waals surface area contributed by atoms with Gasteiger partial charge < -0.3 is 14.8 Å². The van der Waals surface area contributed by atoms with E-state index in [1.807, 2.05) is 6.92 Å². The second kappa shape index (κ2) is 5.12. The standard InChI is InChI=1S/C11H17N3O2/c1-8-5-13-11(12-2)14-10(8)16-7-9-3-4-15-6-9/h5,9H,3-4,6-7H2,1-2H3,(H,12,13,14). The first kappa shape index (κ1) is 11.1. The third-order valence-corrected chi connectivity index (χ3v) is 2.63. The van der Waals surface area contributed by atoms with Crippen LogP contribution in [0.25, 0.3) is 0 Å². The van der Waals surface area contributed by atoms with E-state index in [2.05, 4.69) is 15.3 Å². The lowest BCUT2D eigenvalue weighted by Crippen LogP contribution is -2.13. The van der Waals surface area contributed by atoms with Crippen LogP contribution in [-0.2, 0) is 4.74 Å². The molecular weight excluding hydrogens is 206 g/mol. The SMILES string of the molecule is CNc1ncc(C)c(OCC2CCOC2)n1. The molecule has 0 spiro atoms. The monoisotopic (exact) mass is 223 g/mol. The molecule has 1 aromatic rings. The molecule has 1 N–H and O–H groups in total. The minimum atomic E-state index is 0.493. The maximum atomic E-state index is 5.69. The van der Waals surface area contributed by atoms with Gasteiger partial charge in [0.2, 0.25) is 11.8 Å². The number of hydrogen-bond acceptors (Lipinski definition) is 5. The number of nitrogens with one attached hydrogen (secondary N) is 1. The van der Waals surface area contributed by atoms with Crippen molar-refractivity contribution in [3.63, 3.8) is 0 Å². The highest BCUT2D eigenvalue weighted by molar-refractivity contribution is 5.31. The highest BCUT2D eigenvalue weighted by Crippen LogP contribution is 2.18. The Kier molecular flexibility index (Phi) is 3.56. The molecule has 1 aliphatic heterocycles. The van der Waals surface area contributed by atoms with Gasteiger partial charge in [-0.25, -0.2) is 4.98 Å². The fourth-order valence-electron chi connectivity index (χ4n) is 1.60. The first-order valence-electron chi connectivity index (χ1n) is 5.51. The molecule has 1 fully saturated rings. The summed E-state index contributed by atoms with van der Waals surface area (Å²) in [5.41, 5.74) is 0.956. The number of nitrogens with zero attached hydrogens (tertiary/aromatic N) is 2. The number of ether oxygens (including phenoxy) is 2. The molecule has 5 heteroatoms. The minimum Gasteiger partial charge on any atom is -0.477 e. The first-order valence-corrected chi connectivity index (χ1v) is 5.51.